The number of imidazole rings is 1. The highest BCUT2D eigenvalue weighted by Gasteiger charge is 2.29. The highest BCUT2D eigenvalue weighted by Crippen LogP contribution is 2.25. The van der Waals surface area contributed by atoms with Gasteiger partial charge >= 0.3 is 0 Å². The Balaban J connectivity index is 1.79. The molecule has 1 unspecified atom stereocenters. The molecule has 1 saturated heterocycles. The van der Waals surface area contributed by atoms with Crippen molar-refractivity contribution in [1.29, 1.82) is 0 Å². The number of rotatable bonds is 3. The first-order chi connectivity index (χ1) is 10.0. The van der Waals surface area contributed by atoms with E-state index in [0.717, 1.165) is 19.4 Å². The quantitative estimate of drug-likeness (QED) is 0.868. The molecule has 0 radical (unpaired) electrons. The Morgan fingerprint density at radius 2 is 2.24 bits per heavy atom. The monoisotopic (exact) mass is 289 g/mol. The van der Waals surface area contributed by atoms with Crippen molar-refractivity contribution in [3.63, 3.8) is 0 Å². The number of hydrogen-bond donors (Lipinski definition) is 2. The fraction of sp³-hybridized carbons (Fsp3) is 0.538. The van der Waals surface area contributed by atoms with E-state index in [1.54, 1.807) is 23.3 Å². The van der Waals surface area contributed by atoms with E-state index in [-0.39, 0.29) is 17.6 Å². The summed E-state index contributed by atoms with van der Waals surface area (Å²) in [6, 6.07) is 0.256. The molecular formula is C13H19N7O. The van der Waals surface area contributed by atoms with Gasteiger partial charge in [-0.25, -0.2) is 4.98 Å². The van der Waals surface area contributed by atoms with Gasteiger partial charge in [0.25, 0.3) is 0 Å². The van der Waals surface area contributed by atoms with E-state index in [2.05, 4.69) is 39.1 Å². The van der Waals surface area contributed by atoms with Crippen molar-refractivity contribution in [1.82, 2.24) is 24.5 Å². The summed E-state index contributed by atoms with van der Waals surface area (Å²) in [5, 5.41) is 3.32. The second kappa shape index (κ2) is 5.28. The van der Waals surface area contributed by atoms with Gasteiger partial charge in [-0.15, -0.1) is 0 Å². The lowest BCUT2D eigenvalue weighted by molar-refractivity contribution is -0.0553. The molecule has 0 amide bonds. The SMILES string of the molecule is CC1(C)CC(Nc2nc(N)nc(-n3ccnc3)n2)CCO1. The van der Waals surface area contributed by atoms with Crippen LogP contribution >= 0.6 is 0 Å². The van der Waals surface area contributed by atoms with Gasteiger partial charge in [0, 0.05) is 25.0 Å². The van der Waals surface area contributed by atoms with Crippen LogP contribution in [0.1, 0.15) is 26.7 Å². The van der Waals surface area contributed by atoms with Crippen molar-refractivity contribution in [2.24, 2.45) is 0 Å². The molecule has 8 nitrogen and oxygen atoms in total. The molecule has 3 rings (SSSR count). The minimum Gasteiger partial charge on any atom is -0.375 e. The number of nitrogens with two attached hydrogens (primary N) is 1. The number of ether oxygens (including phenoxy) is 1. The van der Waals surface area contributed by atoms with Crippen molar-refractivity contribution in [3.05, 3.63) is 18.7 Å². The van der Waals surface area contributed by atoms with Crippen LogP contribution in [-0.2, 0) is 4.74 Å². The lowest BCUT2D eigenvalue weighted by Crippen LogP contribution is -2.40. The molecule has 8 heteroatoms. The van der Waals surface area contributed by atoms with Gasteiger partial charge in [-0.05, 0) is 26.7 Å². The van der Waals surface area contributed by atoms with E-state index in [9.17, 15) is 0 Å². The predicted molar refractivity (Wildman–Crippen MR) is 78.0 cm³/mol. The topological polar surface area (TPSA) is 104 Å². The average molecular weight is 289 g/mol. The standard InChI is InChI=1S/C13H19N7O/c1-13(2)7-9(3-6-21-13)16-11-17-10(14)18-12(19-11)20-5-4-15-8-20/h4-5,8-9H,3,6-7H2,1-2H3,(H3,14,16,17,18,19). The van der Waals surface area contributed by atoms with Crippen LogP contribution in [0.5, 0.6) is 0 Å². The highest BCUT2D eigenvalue weighted by atomic mass is 16.5. The average Bonchev–Trinajstić information content (AvgIpc) is 2.90. The summed E-state index contributed by atoms with van der Waals surface area (Å²) in [5.41, 5.74) is 5.63. The first kappa shape index (κ1) is 13.7. The molecule has 1 atom stereocenters. The second-order valence-electron chi connectivity index (χ2n) is 5.73. The fourth-order valence-corrected chi connectivity index (χ4v) is 2.48. The van der Waals surface area contributed by atoms with Gasteiger partial charge in [0.1, 0.15) is 6.33 Å². The Labute approximate surface area is 122 Å². The van der Waals surface area contributed by atoms with Crippen molar-refractivity contribution < 1.29 is 4.74 Å². The molecule has 21 heavy (non-hydrogen) atoms. The molecule has 112 valence electrons. The summed E-state index contributed by atoms with van der Waals surface area (Å²) < 4.78 is 7.40. The normalized spacial score (nSPS) is 21.1. The van der Waals surface area contributed by atoms with E-state index < -0.39 is 0 Å². The number of nitrogen functional groups attached to an aromatic ring is 1. The van der Waals surface area contributed by atoms with E-state index in [1.807, 2.05) is 0 Å². The maximum absolute atomic E-state index is 5.76. The van der Waals surface area contributed by atoms with E-state index in [1.165, 1.54) is 0 Å². The zero-order chi connectivity index (χ0) is 14.9. The lowest BCUT2D eigenvalue weighted by Gasteiger charge is -2.35. The van der Waals surface area contributed by atoms with Gasteiger partial charge in [0.05, 0.1) is 5.60 Å². The van der Waals surface area contributed by atoms with Gasteiger partial charge in [-0.2, -0.15) is 15.0 Å². The molecule has 0 aliphatic carbocycles. The minimum atomic E-state index is -0.137. The number of anilines is 2. The molecule has 3 heterocycles. The third-order valence-electron chi connectivity index (χ3n) is 3.41. The van der Waals surface area contributed by atoms with Crippen molar-refractivity contribution >= 4 is 11.9 Å². The summed E-state index contributed by atoms with van der Waals surface area (Å²) in [6.07, 6.45) is 6.84. The van der Waals surface area contributed by atoms with Crippen LogP contribution in [0.2, 0.25) is 0 Å². The number of aromatic nitrogens is 5. The molecule has 0 bridgehead atoms. The maximum atomic E-state index is 5.76. The molecular weight excluding hydrogens is 270 g/mol. The van der Waals surface area contributed by atoms with Gasteiger partial charge < -0.3 is 15.8 Å². The molecule has 0 spiro atoms. The van der Waals surface area contributed by atoms with Gasteiger partial charge in [0.15, 0.2) is 0 Å². The van der Waals surface area contributed by atoms with Crippen LogP contribution in [0.15, 0.2) is 18.7 Å². The van der Waals surface area contributed by atoms with Crippen LogP contribution in [-0.4, -0.2) is 42.8 Å². The van der Waals surface area contributed by atoms with Crippen LogP contribution in [0.25, 0.3) is 5.95 Å². The second-order valence-corrected chi connectivity index (χ2v) is 5.73. The fourth-order valence-electron chi connectivity index (χ4n) is 2.48. The Kier molecular flexibility index (Phi) is 3.46. The zero-order valence-electron chi connectivity index (χ0n) is 12.2. The lowest BCUT2D eigenvalue weighted by atomic mass is 9.94. The molecule has 1 fully saturated rings. The largest absolute Gasteiger partial charge is 0.375 e. The summed E-state index contributed by atoms with van der Waals surface area (Å²) in [5.74, 6) is 1.12. The molecule has 1 aliphatic rings. The summed E-state index contributed by atoms with van der Waals surface area (Å²) in [7, 11) is 0. The molecule has 2 aromatic heterocycles. The smallest absolute Gasteiger partial charge is 0.241 e. The Morgan fingerprint density at radius 3 is 2.95 bits per heavy atom. The Hall–Kier alpha value is -2.22. The molecule has 0 aromatic carbocycles. The molecule has 3 N–H and O–H groups in total. The van der Waals surface area contributed by atoms with Crippen LogP contribution in [0.3, 0.4) is 0 Å². The predicted octanol–water partition coefficient (Wildman–Crippen LogP) is 1.01. The Bertz CT molecular complexity index is 611. The number of nitrogens with one attached hydrogen (secondary N) is 1. The molecule has 1 aliphatic heterocycles. The zero-order valence-corrected chi connectivity index (χ0v) is 12.2. The van der Waals surface area contributed by atoms with Crippen molar-refractivity contribution in [2.45, 2.75) is 38.3 Å². The highest BCUT2D eigenvalue weighted by molar-refractivity contribution is 5.36. The van der Waals surface area contributed by atoms with Crippen molar-refractivity contribution in [2.75, 3.05) is 17.7 Å². The van der Waals surface area contributed by atoms with Crippen LogP contribution < -0.4 is 11.1 Å². The minimum absolute atomic E-state index is 0.137. The number of nitrogens with zero attached hydrogens (tertiary/aromatic N) is 5. The summed E-state index contributed by atoms with van der Waals surface area (Å²) in [6.45, 7) is 4.89. The van der Waals surface area contributed by atoms with Gasteiger partial charge in [-0.3, -0.25) is 4.57 Å². The van der Waals surface area contributed by atoms with E-state index in [0.29, 0.717) is 11.9 Å². The van der Waals surface area contributed by atoms with Crippen molar-refractivity contribution in [3.8, 4) is 5.95 Å². The third-order valence-corrected chi connectivity index (χ3v) is 3.41. The number of hydrogen-bond acceptors (Lipinski definition) is 7. The summed E-state index contributed by atoms with van der Waals surface area (Å²) >= 11 is 0. The molecule has 2 aromatic rings. The van der Waals surface area contributed by atoms with E-state index >= 15 is 0 Å². The van der Waals surface area contributed by atoms with Gasteiger partial charge in [0.2, 0.25) is 17.8 Å². The first-order valence-corrected chi connectivity index (χ1v) is 6.92. The van der Waals surface area contributed by atoms with Crippen LogP contribution in [0, 0.1) is 0 Å². The third kappa shape index (κ3) is 3.27. The Morgan fingerprint density at radius 1 is 1.38 bits per heavy atom. The first-order valence-electron chi connectivity index (χ1n) is 6.92. The van der Waals surface area contributed by atoms with Gasteiger partial charge in [-0.1, -0.05) is 0 Å². The van der Waals surface area contributed by atoms with Crippen LogP contribution in [0.4, 0.5) is 11.9 Å². The molecule has 0 saturated carbocycles. The summed E-state index contributed by atoms with van der Waals surface area (Å²) in [4.78, 5) is 16.6. The maximum Gasteiger partial charge on any atom is 0.241 e. The van der Waals surface area contributed by atoms with E-state index in [4.69, 9.17) is 10.5 Å².